The van der Waals surface area contributed by atoms with Crippen LogP contribution in [0.5, 0.6) is 0 Å². The number of nitrogens with two attached hydrogens (primary N) is 1. The van der Waals surface area contributed by atoms with Crippen molar-refractivity contribution in [3.05, 3.63) is 48.3 Å². The van der Waals surface area contributed by atoms with Crippen LogP contribution in [0, 0.1) is 5.82 Å². The third-order valence-electron chi connectivity index (χ3n) is 2.70. The van der Waals surface area contributed by atoms with Crippen LogP contribution in [0.3, 0.4) is 0 Å². The fourth-order valence-electron chi connectivity index (χ4n) is 1.87. The summed E-state index contributed by atoms with van der Waals surface area (Å²) in [5.41, 5.74) is 8.94. The van der Waals surface area contributed by atoms with Gasteiger partial charge >= 0.3 is 0 Å². The van der Waals surface area contributed by atoms with E-state index >= 15 is 0 Å². The first-order chi connectivity index (χ1) is 8.24. The molecule has 2 aromatic carbocycles. The molecule has 1 aromatic heterocycles. The van der Waals surface area contributed by atoms with Crippen molar-refractivity contribution in [1.82, 2.24) is 10.2 Å². The van der Waals surface area contributed by atoms with Gasteiger partial charge in [0.1, 0.15) is 5.82 Å². The lowest BCUT2D eigenvalue weighted by molar-refractivity contribution is 0.628. The van der Waals surface area contributed by atoms with E-state index < -0.39 is 0 Å². The van der Waals surface area contributed by atoms with Crippen LogP contribution >= 0.6 is 0 Å². The lowest BCUT2D eigenvalue weighted by Gasteiger charge is -1.98. The van der Waals surface area contributed by atoms with Crippen molar-refractivity contribution in [1.29, 1.82) is 0 Å². The van der Waals surface area contributed by atoms with Crippen LogP contribution in [0.25, 0.3) is 22.2 Å². The maximum absolute atomic E-state index is 12.9. The van der Waals surface area contributed by atoms with Crippen LogP contribution in [0.2, 0.25) is 0 Å². The third kappa shape index (κ3) is 1.63. The smallest absolute Gasteiger partial charge is 0.123 e. The van der Waals surface area contributed by atoms with Gasteiger partial charge in [0.05, 0.1) is 11.2 Å². The van der Waals surface area contributed by atoms with Gasteiger partial charge in [-0.15, -0.1) is 0 Å². The summed E-state index contributed by atoms with van der Waals surface area (Å²) in [4.78, 5) is 0. The summed E-state index contributed by atoms with van der Waals surface area (Å²) in [6.07, 6.45) is 0. The minimum absolute atomic E-state index is 0.252. The Bertz CT molecular complexity index is 671. The minimum Gasteiger partial charge on any atom is -0.399 e. The van der Waals surface area contributed by atoms with Crippen LogP contribution in [0.15, 0.2) is 42.5 Å². The molecule has 0 radical (unpaired) electrons. The van der Waals surface area contributed by atoms with E-state index in [2.05, 4.69) is 10.2 Å². The average Bonchev–Trinajstić information content (AvgIpc) is 2.73. The molecule has 0 atom stereocenters. The Morgan fingerprint density at radius 2 is 1.82 bits per heavy atom. The maximum Gasteiger partial charge on any atom is 0.123 e. The molecule has 0 amide bonds. The lowest BCUT2D eigenvalue weighted by Crippen LogP contribution is -1.83. The Labute approximate surface area is 97.1 Å². The summed E-state index contributed by atoms with van der Waals surface area (Å²) in [6.45, 7) is 0. The van der Waals surface area contributed by atoms with Crippen molar-refractivity contribution in [2.75, 3.05) is 5.73 Å². The Hall–Kier alpha value is -2.36. The molecular weight excluding hydrogens is 217 g/mol. The van der Waals surface area contributed by atoms with Crippen LogP contribution in [-0.4, -0.2) is 10.2 Å². The first kappa shape index (κ1) is 9.84. The fraction of sp³-hybridized carbons (Fsp3) is 0. The average molecular weight is 227 g/mol. The first-order valence-electron chi connectivity index (χ1n) is 5.23. The molecule has 4 heteroatoms. The van der Waals surface area contributed by atoms with Crippen LogP contribution in [0.4, 0.5) is 10.1 Å². The third-order valence-corrected chi connectivity index (χ3v) is 2.70. The quantitative estimate of drug-likeness (QED) is 0.628. The van der Waals surface area contributed by atoms with E-state index in [-0.39, 0.29) is 5.82 Å². The van der Waals surface area contributed by atoms with Gasteiger partial charge in [0.25, 0.3) is 0 Å². The molecule has 0 spiro atoms. The molecule has 0 unspecified atom stereocenters. The molecule has 0 fully saturated rings. The highest BCUT2D eigenvalue weighted by molar-refractivity contribution is 5.94. The van der Waals surface area contributed by atoms with E-state index in [9.17, 15) is 4.39 Å². The van der Waals surface area contributed by atoms with Crippen molar-refractivity contribution in [2.24, 2.45) is 0 Å². The SMILES string of the molecule is Nc1ccc2c(-c3ccc(F)cc3)n[nH]c2c1. The minimum atomic E-state index is -0.252. The van der Waals surface area contributed by atoms with Gasteiger partial charge in [0.2, 0.25) is 0 Å². The molecule has 3 N–H and O–H groups in total. The summed E-state index contributed by atoms with van der Waals surface area (Å²) in [6, 6.07) is 11.8. The Morgan fingerprint density at radius 3 is 2.59 bits per heavy atom. The van der Waals surface area contributed by atoms with Gasteiger partial charge in [-0.1, -0.05) is 0 Å². The number of fused-ring (bicyclic) bond motifs is 1. The van der Waals surface area contributed by atoms with Gasteiger partial charge < -0.3 is 5.73 Å². The van der Waals surface area contributed by atoms with Crippen molar-refractivity contribution in [2.45, 2.75) is 0 Å². The summed E-state index contributed by atoms with van der Waals surface area (Å²) >= 11 is 0. The second-order valence-corrected chi connectivity index (χ2v) is 3.88. The van der Waals surface area contributed by atoms with E-state index in [1.165, 1.54) is 12.1 Å². The van der Waals surface area contributed by atoms with Crippen molar-refractivity contribution >= 4 is 16.6 Å². The molecule has 3 rings (SSSR count). The molecule has 0 bridgehead atoms. The highest BCUT2D eigenvalue weighted by Crippen LogP contribution is 2.27. The number of H-pyrrole nitrogens is 1. The second kappa shape index (κ2) is 3.59. The zero-order valence-electron chi connectivity index (χ0n) is 8.94. The highest BCUT2D eigenvalue weighted by Gasteiger charge is 2.07. The number of aromatic nitrogens is 2. The molecule has 0 aliphatic carbocycles. The van der Waals surface area contributed by atoms with E-state index in [1.54, 1.807) is 12.1 Å². The zero-order valence-corrected chi connectivity index (χ0v) is 8.94. The predicted octanol–water partition coefficient (Wildman–Crippen LogP) is 2.95. The molecule has 1 heterocycles. The molecule has 3 aromatic rings. The number of rotatable bonds is 1. The summed E-state index contributed by atoms with van der Waals surface area (Å²) < 4.78 is 12.9. The molecule has 0 aliphatic rings. The summed E-state index contributed by atoms with van der Waals surface area (Å²) in [7, 11) is 0. The van der Waals surface area contributed by atoms with E-state index in [4.69, 9.17) is 5.73 Å². The molecule has 17 heavy (non-hydrogen) atoms. The number of halogens is 1. The van der Waals surface area contributed by atoms with Crippen molar-refractivity contribution in [3.8, 4) is 11.3 Å². The number of hydrogen-bond donors (Lipinski definition) is 2. The highest BCUT2D eigenvalue weighted by atomic mass is 19.1. The fourth-order valence-corrected chi connectivity index (χ4v) is 1.87. The molecule has 84 valence electrons. The number of hydrogen-bond acceptors (Lipinski definition) is 2. The normalized spacial score (nSPS) is 10.9. The van der Waals surface area contributed by atoms with Gasteiger partial charge in [0, 0.05) is 16.6 Å². The van der Waals surface area contributed by atoms with Crippen LogP contribution in [0.1, 0.15) is 0 Å². The van der Waals surface area contributed by atoms with Crippen molar-refractivity contribution < 1.29 is 4.39 Å². The van der Waals surface area contributed by atoms with Gasteiger partial charge in [-0.3, -0.25) is 5.10 Å². The Balaban J connectivity index is 2.21. The van der Waals surface area contributed by atoms with Crippen molar-refractivity contribution in [3.63, 3.8) is 0 Å². The van der Waals surface area contributed by atoms with Crippen LogP contribution in [-0.2, 0) is 0 Å². The monoisotopic (exact) mass is 227 g/mol. The maximum atomic E-state index is 12.9. The van der Waals surface area contributed by atoms with Gasteiger partial charge in [-0.05, 0) is 42.5 Å². The summed E-state index contributed by atoms with van der Waals surface area (Å²) in [5, 5.41) is 8.13. The van der Waals surface area contributed by atoms with Gasteiger partial charge in [-0.2, -0.15) is 5.10 Å². The van der Waals surface area contributed by atoms with E-state index in [0.29, 0.717) is 5.69 Å². The Kier molecular flexibility index (Phi) is 2.08. The second-order valence-electron chi connectivity index (χ2n) is 3.88. The Morgan fingerprint density at radius 1 is 1.06 bits per heavy atom. The first-order valence-corrected chi connectivity index (χ1v) is 5.23. The van der Waals surface area contributed by atoms with Gasteiger partial charge in [-0.25, -0.2) is 4.39 Å². The number of nitrogens with zero attached hydrogens (tertiary/aromatic N) is 1. The number of anilines is 1. The zero-order chi connectivity index (χ0) is 11.8. The van der Waals surface area contributed by atoms with E-state index in [1.807, 2.05) is 18.2 Å². The predicted molar refractivity (Wildman–Crippen MR) is 65.9 cm³/mol. The number of nitrogens with one attached hydrogen (secondary N) is 1. The molecule has 0 aliphatic heterocycles. The molecular formula is C13H10FN3. The van der Waals surface area contributed by atoms with Gasteiger partial charge in [0.15, 0.2) is 0 Å². The summed E-state index contributed by atoms with van der Waals surface area (Å²) in [5.74, 6) is -0.252. The van der Waals surface area contributed by atoms with Crippen LogP contribution < -0.4 is 5.73 Å². The number of nitrogen functional groups attached to an aromatic ring is 1. The molecule has 0 saturated heterocycles. The topological polar surface area (TPSA) is 54.7 Å². The molecule has 3 nitrogen and oxygen atoms in total. The molecule has 0 saturated carbocycles. The largest absolute Gasteiger partial charge is 0.399 e. The number of benzene rings is 2. The number of aromatic amines is 1. The standard InChI is InChI=1S/C13H10FN3/c14-9-3-1-8(2-4-9)13-11-6-5-10(15)7-12(11)16-17-13/h1-7H,15H2,(H,16,17). The lowest BCUT2D eigenvalue weighted by atomic mass is 10.1. The van der Waals surface area contributed by atoms with E-state index in [0.717, 1.165) is 22.2 Å².